The summed E-state index contributed by atoms with van der Waals surface area (Å²) in [4.78, 5) is 0. The number of benzene rings is 2. The molecule has 0 aliphatic rings. The lowest BCUT2D eigenvalue weighted by molar-refractivity contribution is 1.11. The maximum absolute atomic E-state index is 3.42. The lowest BCUT2D eigenvalue weighted by Crippen LogP contribution is -2.01. The zero-order chi connectivity index (χ0) is 11.4. The minimum absolute atomic E-state index is 0.885. The van der Waals surface area contributed by atoms with Gasteiger partial charge in [0.2, 0.25) is 0 Å². The summed E-state index contributed by atoms with van der Waals surface area (Å²) >= 11 is 0. The van der Waals surface area contributed by atoms with Crippen LogP contribution in [0.25, 0.3) is 0 Å². The fraction of sp³-hybridized carbons (Fsp3) is 0.200. The number of hydrogen-bond acceptors (Lipinski definition) is 1. The Morgan fingerprint density at radius 1 is 0.938 bits per heavy atom. The number of nitrogens with one attached hydrogen (secondary N) is 1. The first kappa shape index (κ1) is 10.7. The highest BCUT2D eigenvalue weighted by molar-refractivity contribution is 5.44. The first-order chi connectivity index (χ1) is 7.75. The fourth-order valence-corrected chi connectivity index (χ4v) is 1.80. The summed E-state index contributed by atoms with van der Waals surface area (Å²) < 4.78 is 0. The maximum Gasteiger partial charge on any atom is 0.0403 e. The summed E-state index contributed by atoms with van der Waals surface area (Å²) in [5.41, 5.74) is 5.20. The van der Waals surface area contributed by atoms with E-state index in [0.29, 0.717) is 0 Å². The van der Waals surface area contributed by atoms with E-state index in [1.165, 1.54) is 22.4 Å². The molecule has 0 saturated heterocycles. The van der Waals surface area contributed by atoms with Gasteiger partial charge in [0.1, 0.15) is 0 Å². The van der Waals surface area contributed by atoms with Crippen LogP contribution in [0.15, 0.2) is 48.5 Å². The Balaban J connectivity index is 2.05. The van der Waals surface area contributed by atoms with Gasteiger partial charge in [-0.1, -0.05) is 42.0 Å². The molecule has 0 amide bonds. The van der Waals surface area contributed by atoms with Crippen molar-refractivity contribution in [2.45, 2.75) is 20.4 Å². The Morgan fingerprint density at radius 2 is 1.69 bits per heavy atom. The molecule has 0 heterocycles. The van der Waals surface area contributed by atoms with Crippen molar-refractivity contribution in [1.82, 2.24) is 0 Å². The highest BCUT2D eigenvalue weighted by Gasteiger charge is 1.98. The SMILES string of the molecule is Cc1ccc(CNc2ccccc2)c(C)c1. The summed E-state index contributed by atoms with van der Waals surface area (Å²) in [5.74, 6) is 0. The zero-order valence-electron chi connectivity index (χ0n) is 9.83. The van der Waals surface area contributed by atoms with Crippen LogP contribution in [-0.4, -0.2) is 0 Å². The van der Waals surface area contributed by atoms with Gasteiger partial charge in [-0.15, -0.1) is 0 Å². The van der Waals surface area contributed by atoms with Gasteiger partial charge < -0.3 is 5.32 Å². The fourth-order valence-electron chi connectivity index (χ4n) is 1.80. The maximum atomic E-state index is 3.42. The van der Waals surface area contributed by atoms with Gasteiger partial charge in [-0.25, -0.2) is 0 Å². The Labute approximate surface area is 97.1 Å². The Hall–Kier alpha value is -1.76. The van der Waals surface area contributed by atoms with Crippen molar-refractivity contribution in [2.75, 3.05) is 5.32 Å². The van der Waals surface area contributed by atoms with Crippen LogP contribution in [0.3, 0.4) is 0 Å². The van der Waals surface area contributed by atoms with Gasteiger partial charge in [-0.05, 0) is 37.1 Å². The number of hydrogen-bond donors (Lipinski definition) is 1. The molecule has 2 aromatic carbocycles. The van der Waals surface area contributed by atoms with E-state index < -0.39 is 0 Å². The molecule has 0 aromatic heterocycles. The van der Waals surface area contributed by atoms with Crippen molar-refractivity contribution < 1.29 is 0 Å². The van der Waals surface area contributed by atoms with Gasteiger partial charge in [0.15, 0.2) is 0 Å². The van der Waals surface area contributed by atoms with Gasteiger partial charge in [0.05, 0.1) is 0 Å². The second kappa shape index (κ2) is 4.84. The third-order valence-electron chi connectivity index (χ3n) is 2.75. The van der Waals surface area contributed by atoms with Gasteiger partial charge in [0.25, 0.3) is 0 Å². The number of para-hydroxylation sites is 1. The minimum Gasteiger partial charge on any atom is -0.381 e. The van der Waals surface area contributed by atoms with Crippen LogP contribution in [0, 0.1) is 13.8 Å². The molecule has 0 fully saturated rings. The third kappa shape index (κ3) is 2.63. The van der Waals surface area contributed by atoms with E-state index in [4.69, 9.17) is 0 Å². The van der Waals surface area contributed by atoms with E-state index >= 15 is 0 Å². The van der Waals surface area contributed by atoms with E-state index in [0.717, 1.165) is 6.54 Å². The van der Waals surface area contributed by atoms with Crippen LogP contribution in [0.1, 0.15) is 16.7 Å². The normalized spacial score (nSPS) is 10.1. The number of anilines is 1. The zero-order valence-corrected chi connectivity index (χ0v) is 9.83. The van der Waals surface area contributed by atoms with E-state index in [1.54, 1.807) is 0 Å². The molecule has 0 atom stereocenters. The smallest absolute Gasteiger partial charge is 0.0403 e. The average molecular weight is 211 g/mol. The molecule has 0 saturated carbocycles. The van der Waals surface area contributed by atoms with Gasteiger partial charge >= 0.3 is 0 Å². The Morgan fingerprint density at radius 3 is 2.38 bits per heavy atom. The highest BCUT2D eigenvalue weighted by atomic mass is 14.9. The van der Waals surface area contributed by atoms with Crippen LogP contribution in [0.4, 0.5) is 5.69 Å². The summed E-state index contributed by atoms with van der Waals surface area (Å²) in [6, 6.07) is 16.9. The monoisotopic (exact) mass is 211 g/mol. The van der Waals surface area contributed by atoms with Crippen molar-refractivity contribution in [3.05, 3.63) is 65.2 Å². The summed E-state index contributed by atoms with van der Waals surface area (Å²) in [6.45, 7) is 5.17. The number of rotatable bonds is 3. The molecule has 0 spiro atoms. The van der Waals surface area contributed by atoms with Crippen LogP contribution in [-0.2, 0) is 6.54 Å². The topological polar surface area (TPSA) is 12.0 Å². The van der Waals surface area contributed by atoms with Gasteiger partial charge in [-0.3, -0.25) is 0 Å². The molecule has 1 heteroatoms. The predicted octanol–water partition coefficient (Wildman–Crippen LogP) is 3.92. The molecule has 0 aliphatic heterocycles. The van der Waals surface area contributed by atoms with E-state index in [1.807, 2.05) is 18.2 Å². The average Bonchev–Trinajstić information content (AvgIpc) is 2.29. The molecule has 2 rings (SSSR count). The van der Waals surface area contributed by atoms with Crippen molar-refractivity contribution in [3.8, 4) is 0 Å². The molecule has 0 bridgehead atoms. The molecule has 0 unspecified atom stereocenters. The molecule has 82 valence electrons. The first-order valence-electron chi connectivity index (χ1n) is 5.61. The first-order valence-corrected chi connectivity index (χ1v) is 5.61. The molecule has 0 radical (unpaired) electrons. The summed E-state index contributed by atoms with van der Waals surface area (Å²) in [6.07, 6.45) is 0. The quantitative estimate of drug-likeness (QED) is 0.811. The molecule has 2 aromatic rings. The largest absolute Gasteiger partial charge is 0.381 e. The molecular formula is C15H17N. The van der Waals surface area contributed by atoms with Crippen molar-refractivity contribution in [1.29, 1.82) is 0 Å². The third-order valence-corrected chi connectivity index (χ3v) is 2.75. The van der Waals surface area contributed by atoms with Crippen molar-refractivity contribution in [2.24, 2.45) is 0 Å². The Bertz CT molecular complexity index is 460. The van der Waals surface area contributed by atoms with Crippen LogP contribution in [0.2, 0.25) is 0 Å². The van der Waals surface area contributed by atoms with Crippen LogP contribution < -0.4 is 5.32 Å². The summed E-state index contributed by atoms with van der Waals surface area (Å²) in [7, 11) is 0. The lowest BCUT2D eigenvalue weighted by Gasteiger charge is -2.09. The molecule has 1 N–H and O–H groups in total. The highest BCUT2D eigenvalue weighted by Crippen LogP contribution is 2.13. The molecule has 16 heavy (non-hydrogen) atoms. The lowest BCUT2D eigenvalue weighted by atomic mass is 10.1. The van der Waals surface area contributed by atoms with Crippen molar-refractivity contribution >= 4 is 5.69 Å². The van der Waals surface area contributed by atoms with E-state index in [2.05, 4.69) is 49.5 Å². The van der Waals surface area contributed by atoms with Gasteiger partial charge in [-0.2, -0.15) is 0 Å². The van der Waals surface area contributed by atoms with E-state index in [9.17, 15) is 0 Å². The second-order valence-corrected chi connectivity index (χ2v) is 4.15. The Kier molecular flexibility index (Phi) is 3.25. The molecule has 1 nitrogen and oxygen atoms in total. The molecular weight excluding hydrogens is 194 g/mol. The standard InChI is InChI=1S/C15H17N/c1-12-8-9-14(13(2)10-12)11-16-15-6-4-3-5-7-15/h3-10,16H,11H2,1-2H3. The molecule has 0 aliphatic carbocycles. The van der Waals surface area contributed by atoms with E-state index in [-0.39, 0.29) is 0 Å². The second-order valence-electron chi connectivity index (χ2n) is 4.15. The van der Waals surface area contributed by atoms with Crippen molar-refractivity contribution in [3.63, 3.8) is 0 Å². The summed E-state index contributed by atoms with van der Waals surface area (Å²) in [5, 5.41) is 3.42. The van der Waals surface area contributed by atoms with Crippen LogP contribution >= 0.6 is 0 Å². The number of aryl methyl sites for hydroxylation is 2. The van der Waals surface area contributed by atoms with Gasteiger partial charge in [0, 0.05) is 12.2 Å². The predicted molar refractivity (Wildman–Crippen MR) is 69.7 cm³/mol. The van der Waals surface area contributed by atoms with Crippen LogP contribution in [0.5, 0.6) is 0 Å². The minimum atomic E-state index is 0.885.